The summed E-state index contributed by atoms with van der Waals surface area (Å²) >= 11 is 5.87. The molecule has 0 unspecified atom stereocenters. The summed E-state index contributed by atoms with van der Waals surface area (Å²) < 4.78 is 1.78. The first-order valence-electron chi connectivity index (χ1n) is 5.42. The van der Waals surface area contributed by atoms with Gasteiger partial charge in [-0.3, -0.25) is 4.79 Å². The molecular formula is C11H17Cl2N3O. The quantitative estimate of drug-likeness (QED) is 0.846. The molecule has 0 bridgehead atoms. The van der Waals surface area contributed by atoms with E-state index >= 15 is 0 Å². The molecule has 1 aromatic rings. The standard InChI is InChI=1S/C11H16ClN3O.ClH/c1-8-6-15(4-3-13-8)11(16)10-5-9(12)7-14(10)2;/h5,7-8,13H,3-4,6H2,1-2H3;1H/t8-;/m1./s1. The van der Waals surface area contributed by atoms with Gasteiger partial charge in [-0.25, -0.2) is 0 Å². The third-order valence-electron chi connectivity index (χ3n) is 2.85. The van der Waals surface area contributed by atoms with Gasteiger partial charge in [-0.2, -0.15) is 0 Å². The summed E-state index contributed by atoms with van der Waals surface area (Å²) in [5.74, 6) is 0.0581. The van der Waals surface area contributed by atoms with Gasteiger partial charge in [0.1, 0.15) is 5.69 Å². The van der Waals surface area contributed by atoms with E-state index in [2.05, 4.69) is 12.2 Å². The van der Waals surface area contributed by atoms with Gasteiger partial charge in [0.2, 0.25) is 0 Å². The smallest absolute Gasteiger partial charge is 0.270 e. The SMILES string of the molecule is C[C@@H]1CN(C(=O)c2cc(Cl)cn2C)CCN1.Cl. The largest absolute Gasteiger partial charge is 0.345 e. The lowest BCUT2D eigenvalue weighted by molar-refractivity contribution is 0.0699. The Balaban J connectivity index is 0.00000144. The third-order valence-corrected chi connectivity index (χ3v) is 3.05. The van der Waals surface area contributed by atoms with Gasteiger partial charge in [-0.1, -0.05) is 11.6 Å². The molecule has 6 heteroatoms. The number of hydrogen-bond acceptors (Lipinski definition) is 2. The average molecular weight is 278 g/mol. The van der Waals surface area contributed by atoms with Crippen LogP contribution >= 0.6 is 24.0 Å². The minimum absolute atomic E-state index is 0. The molecule has 17 heavy (non-hydrogen) atoms. The Morgan fingerprint density at radius 1 is 1.59 bits per heavy atom. The average Bonchev–Trinajstić information content (AvgIpc) is 2.57. The Labute approximate surface area is 112 Å². The van der Waals surface area contributed by atoms with Crippen molar-refractivity contribution in [3.8, 4) is 0 Å². The number of aryl methyl sites for hydroxylation is 1. The lowest BCUT2D eigenvalue weighted by atomic mass is 10.2. The van der Waals surface area contributed by atoms with Crippen LogP contribution in [0.15, 0.2) is 12.3 Å². The summed E-state index contributed by atoms with van der Waals surface area (Å²) in [5.41, 5.74) is 0.652. The van der Waals surface area contributed by atoms with Gasteiger partial charge >= 0.3 is 0 Å². The normalized spacial score (nSPS) is 19.9. The number of aromatic nitrogens is 1. The van der Waals surface area contributed by atoms with E-state index in [0.717, 1.165) is 19.6 Å². The molecule has 0 aromatic carbocycles. The Morgan fingerprint density at radius 3 is 2.82 bits per heavy atom. The number of amides is 1. The first kappa shape index (κ1) is 14.4. The van der Waals surface area contributed by atoms with E-state index in [-0.39, 0.29) is 18.3 Å². The molecule has 2 rings (SSSR count). The number of carbonyl (C=O) groups excluding carboxylic acids is 1. The fourth-order valence-electron chi connectivity index (χ4n) is 2.02. The van der Waals surface area contributed by atoms with Crippen LogP contribution in [0.3, 0.4) is 0 Å². The highest BCUT2D eigenvalue weighted by atomic mass is 35.5. The predicted molar refractivity (Wildman–Crippen MR) is 71.0 cm³/mol. The maximum absolute atomic E-state index is 12.2. The zero-order valence-electron chi connectivity index (χ0n) is 9.94. The van der Waals surface area contributed by atoms with Crippen molar-refractivity contribution in [2.75, 3.05) is 19.6 Å². The first-order valence-corrected chi connectivity index (χ1v) is 5.80. The Kier molecular flexibility index (Phi) is 4.86. The fourth-order valence-corrected chi connectivity index (χ4v) is 2.27. The van der Waals surface area contributed by atoms with E-state index < -0.39 is 0 Å². The van der Waals surface area contributed by atoms with Crippen molar-refractivity contribution in [1.82, 2.24) is 14.8 Å². The molecular weight excluding hydrogens is 261 g/mol. The molecule has 0 saturated carbocycles. The van der Waals surface area contributed by atoms with Crippen LogP contribution in [0.2, 0.25) is 5.02 Å². The summed E-state index contributed by atoms with van der Waals surface area (Å²) in [4.78, 5) is 14.1. The van der Waals surface area contributed by atoms with E-state index in [9.17, 15) is 4.79 Å². The minimum Gasteiger partial charge on any atom is -0.345 e. The highest BCUT2D eigenvalue weighted by Crippen LogP contribution is 2.15. The van der Waals surface area contributed by atoms with Crippen LogP contribution in [0.4, 0.5) is 0 Å². The zero-order chi connectivity index (χ0) is 11.7. The lowest BCUT2D eigenvalue weighted by Gasteiger charge is -2.31. The van der Waals surface area contributed by atoms with Crippen molar-refractivity contribution < 1.29 is 4.79 Å². The number of hydrogen-bond donors (Lipinski definition) is 1. The minimum atomic E-state index is 0. The molecule has 0 spiro atoms. The summed E-state index contributed by atoms with van der Waals surface area (Å²) in [7, 11) is 1.84. The third kappa shape index (κ3) is 3.15. The van der Waals surface area contributed by atoms with Gasteiger partial charge in [0, 0.05) is 38.9 Å². The van der Waals surface area contributed by atoms with Crippen LogP contribution in [-0.4, -0.2) is 41.1 Å². The summed E-state index contributed by atoms with van der Waals surface area (Å²) in [6.07, 6.45) is 1.75. The van der Waals surface area contributed by atoms with Crippen molar-refractivity contribution in [1.29, 1.82) is 0 Å². The summed E-state index contributed by atoms with van der Waals surface area (Å²) in [5, 5.41) is 3.92. The molecule has 1 saturated heterocycles. The molecule has 1 N–H and O–H groups in total. The molecule has 0 aliphatic carbocycles. The Morgan fingerprint density at radius 2 is 2.29 bits per heavy atom. The predicted octanol–water partition coefficient (Wildman–Crippen LogP) is 1.53. The maximum atomic E-state index is 12.2. The second kappa shape index (κ2) is 5.76. The fraction of sp³-hybridized carbons (Fsp3) is 0.545. The second-order valence-electron chi connectivity index (χ2n) is 4.26. The van der Waals surface area contributed by atoms with Gasteiger partial charge < -0.3 is 14.8 Å². The van der Waals surface area contributed by atoms with Gasteiger partial charge in [-0.05, 0) is 13.0 Å². The molecule has 1 aromatic heterocycles. The van der Waals surface area contributed by atoms with E-state index in [0.29, 0.717) is 16.8 Å². The summed E-state index contributed by atoms with van der Waals surface area (Å²) in [6.45, 7) is 4.44. The van der Waals surface area contributed by atoms with Crippen molar-refractivity contribution in [2.45, 2.75) is 13.0 Å². The highest BCUT2D eigenvalue weighted by Gasteiger charge is 2.23. The topological polar surface area (TPSA) is 37.3 Å². The van der Waals surface area contributed by atoms with Crippen LogP contribution in [0, 0.1) is 0 Å². The molecule has 4 nitrogen and oxygen atoms in total. The molecule has 1 aliphatic rings. The van der Waals surface area contributed by atoms with Gasteiger partial charge in [0.15, 0.2) is 0 Å². The number of rotatable bonds is 1. The van der Waals surface area contributed by atoms with Crippen molar-refractivity contribution >= 4 is 29.9 Å². The number of nitrogens with one attached hydrogen (secondary N) is 1. The van der Waals surface area contributed by atoms with Crippen LogP contribution < -0.4 is 5.32 Å². The molecule has 2 heterocycles. The van der Waals surface area contributed by atoms with Crippen LogP contribution in [0.25, 0.3) is 0 Å². The molecule has 1 aliphatic heterocycles. The maximum Gasteiger partial charge on any atom is 0.270 e. The Hall–Kier alpha value is -0.710. The van der Waals surface area contributed by atoms with E-state index in [1.165, 1.54) is 0 Å². The number of piperazine rings is 1. The van der Waals surface area contributed by atoms with Crippen LogP contribution in [-0.2, 0) is 7.05 Å². The van der Waals surface area contributed by atoms with E-state index in [1.807, 2.05) is 11.9 Å². The molecule has 1 fully saturated rings. The van der Waals surface area contributed by atoms with E-state index in [4.69, 9.17) is 11.6 Å². The number of carbonyl (C=O) groups is 1. The Bertz CT molecular complexity index is 405. The molecule has 0 radical (unpaired) electrons. The second-order valence-corrected chi connectivity index (χ2v) is 4.70. The van der Waals surface area contributed by atoms with Crippen LogP contribution in [0.5, 0.6) is 0 Å². The zero-order valence-corrected chi connectivity index (χ0v) is 11.5. The first-order chi connectivity index (χ1) is 7.58. The van der Waals surface area contributed by atoms with Crippen molar-refractivity contribution in [3.05, 3.63) is 23.0 Å². The summed E-state index contributed by atoms with van der Waals surface area (Å²) in [6, 6.07) is 2.07. The van der Waals surface area contributed by atoms with Crippen molar-refractivity contribution in [2.24, 2.45) is 7.05 Å². The van der Waals surface area contributed by atoms with Gasteiger partial charge in [0.05, 0.1) is 5.02 Å². The van der Waals surface area contributed by atoms with Crippen molar-refractivity contribution in [3.63, 3.8) is 0 Å². The van der Waals surface area contributed by atoms with E-state index in [1.54, 1.807) is 16.8 Å². The van der Waals surface area contributed by atoms with Gasteiger partial charge in [-0.15, -0.1) is 12.4 Å². The molecule has 96 valence electrons. The number of nitrogens with zero attached hydrogens (tertiary/aromatic N) is 2. The highest BCUT2D eigenvalue weighted by molar-refractivity contribution is 6.31. The lowest BCUT2D eigenvalue weighted by Crippen LogP contribution is -2.51. The molecule has 1 amide bonds. The number of halogens is 2. The van der Waals surface area contributed by atoms with Gasteiger partial charge in [0.25, 0.3) is 5.91 Å². The monoisotopic (exact) mass is 277 g/mol. The molecule has 1 atom stereocenters. The van der Waals surface area contributed by atoms with Crippen LogP contribution in [0.1, 0.15) is 17.4 Å².